The van der Waals surface area contributed by atoms with E-state index in [0.29, 0.717) is 24.2 Å². The highest BCUT2D eigenvalue weighted by molar-refractivity contribution is 7.89. The molecule has 1 saturated carbocycles. The Morgan fingerprint density at radius 1 is 1.24 bits per heavy atom. The van der Waals surface area contributed by atoms with Crippen LogP contribution in [0.15, 0.2) is 17.0 Å². The second-order valence-corrected chi connectivity index (χ2v) is 8.32. The Hall–Kier alpha value is -0.330. The minimum Gasteiger partial charge on any atom is -0.310 e. The molecule has 0 aromatic heterocycles. The Morgan fingerprint density at radius 3 is 2.48 bits per heavy atom. The van der Waals surface area contributed by atoms with Crippen LogP contribution in [0.25, 0.3) is 0 Å². The van der Waals surface area contributed by atoms with E-state index < -0.39 is 10.0 Å². The number of sulfonamides is 1. The highest BCUT2D eigenvalue weighted by Crippen LogP contribution is 2.29. The standard InChI is InChI=1S/C14H20Cl2N2O2S/c1-9(2)7-18-21(19,20)14-5-10(8-17-11-3-4-11)12(15)6-13(14)16/h5-6,9,11,17-18H,3-4,7-8H2,1-2H3. The first-order chi connectivity index (χ1) is 9.79. The molecule has 4 nitrogen and oxygen atoms in total. The van der Waals surface area contributed by atoms with Crippen LogP contribution in [0.3, 0.4) is 0 Å². The fourth-order valence-corrected chi connectivity index (χ4v) is 3.88. The number of halogens is 2. The van der Waals surface area contributed by atoms with Gasteiger partial charge in [0.2, 0.25) is 10.0 Å². The van der Waals surface area contributed by atoms with E-state index in [1.54, 1.807) is 6.07 Å². The van der Waals surface area contributed by atoms with Gasteiger partial charge in [-0.05, 0) is 36.5 Å². The van der Waals surface area contributed by atoms with Crippen molar-refractivity contribution in [2.45, 2.75) is 44.2 Å². The van der Waals surface area contributed by atoms with Crippen molar-refractivity contribution in [3.8, 4) is 0 Å². The van der Waals surface area contributed by atoms with E-state index >= 15 is 0 Å². The quantitative estimate of drug-likeness (QED) is 0.793. The van der Waals surface area contributed by atoms with Crippen molar-refractivity contribution in [1.29, 1.82) is 0 Å². The molecule has 0 spiro atoms. The largest absolute Gasteiger partial charge is 0.310 e. The fourth-order valence-electron chi connectivity index (χ4n) is 1.81. The zero-order valence-electron chi connectivity index (χ0n) is 12.1. The first-order valence-corrected chi connectivity index (χ1v) is 9.24. The minimum absolute atomic E-state index is 0.0850. The third-order valence-corrected chi connectivity index (χ3v) is 5.47. The molecule has 0 unspecified atom stereocenters. The van der Waals surface area contributed by atoms with Crippen LogP contribution in [0.5, 0.6) is 0 Å². The summed E-state index contributed by atoms with van der Waals surface area (Å²) in [4.78, 5) is 0.0850. The fraction of sp³-hybridized carbons (Fsp3) is 0.571. The molecule has 1 aromatic rings. The molecule has 118 valence electrons. The molecule has 0 saturated heterocycles. The molecule has 0 atom stereocenters. The molecule has 21 heavy (non-hydrogen) atoms. The lowest BCUT2D eigenvalue weighted by Gasteiger charge is -2.13. The summed E-state index contributed by atoms with van der Waals surface area (Å²) < 4.78 is 27.2. The Bertz CT molecular complexity index is 614. The van der Waals surface area contributed by atoms with Crippen molar-refractivity contribution >= 4 is 33.2 Å². The van der Waals surface area contributed by atoms with Crippen LogP contribution in [-0.2, 0) is 16.6 Å². The number of hydrogen-bond donors (Lipinski definition) is 2. The van der Waals surface area contributed by atoms with Crippen molar-refractivity contribution in [1.82, 2.24) is 10.0 Å². The van der Waals surface area contributed by atoms with E-state index in [0.717, 1.165) is 18.4 Å². The maximum atomic E-state index is 12.3. The molecule has 0 aliphatic heterocycles. The number of benzene rings is 1. The number of nitrogens with one attached hydrogen (secondary N) is 2. The number of rotatable bonds is 7. The molecule has 1 fully saturated rings. The summed E-state index contributed by atoms with van der Waals surface area (Å²) in [7, 11) is -3.62. The summed E-state index contributed by atoms with van der Waals surface area (Å²) in [6, 6.07) is 3.58. The first kappa shape index (κ1) is 17.0. The average Bonchev–Trinajstić information content (AvgIpc) is 3.19. The number of hydrogen-bond acceptors (Lipinski definition) is 3. The van der Waals surface area contributed by atoms with Crippen molar-refractivity contribution in [2.24, 2.45) is 5.92 Å². The first-order valence-electron chi connectivity index (χ1n) is 7.00. The van der Waals surface area contributed by atoms with Gasteiger partial charge in [-0.2, -0.15) is 0 Å². The van der Waals surface area contributed by atoms with Gasteiger partial charge in [-0.1, -0.05) is 37.0 Å². The summed E-state index contributed by atoms with van der Waals surface area (Å²) >= 11 is 12.2. The molecule has 0 amide bonds. The second-order valence-electron chi connectivity index (χ2n) is 5.77. The van der Waals surface area contributed by atoms with E-state index in [4.69, 9.17) is 23.2 Å². The second kappa shape index (κ2) is 6.84. The van der Waals surface area contributed by atoms with Crippen LogP contribution in [0.1, 0.15) is 32.3 Å². The molecule has 0 radical (unpaired) electrons. The Balaban J connectivity index is 2.22. The predicted octanol–water partition coefficient (Wildman–Crippen LogP) is 3.18. The van der Waals surface area contributed by atoms with Gasteiger partial charge in [0.25, 0.3) is 0 Å². The zero-order valence-corrected chi connectivity index (χ0v) is 14.4. The van der Waals surface area contributed by atoms with E-state index in [1.807, 2.05) is 13.8 Å². The van der Waals surface area contributed by atoms with Crippen LogP contribution in [0.2, 0.25) is 10.0 Å². The summed E-state index contributed by atoms with van der Waals surface area (Å²) in [5.41, 5.74) is 0.748. The van der Waals surface area contributed by atoms with Crippen molar-refractivity contribution in [2.75, 3.05) is 6.54 Å². The summed E-state index contributed by atoms with van der Waals surface area (Å²) in [5, 5.41) is 3.95. The Kier molecular flexibility index (Phi) is 5.54. The zero-order chi connectivity index (χ0) is 15.6. The minimum atomic E-state index is -3.62. The Labute approximate surface area is 136 Å². The molecular formula is C14H20Cl2N2O2S. The van der Waals surface area contributed by atoms with Crippen LogP contribution in [0, 0.1) is 5.92 Å². The van der Waals surface area contributed by atoms with Crippen molar-refractivity contribution in [3.05, 3.63) is 27.7 Å². The highest BCUT2D eigenvalue weighted by atomic mass is 35.5. The maximum absolute atomic E-state index is 12.3. The topological polar surface area (TPSA) is 58.2 Å². The van der Waals surface area contributed by atoms with Gasteiger partial charge in [-0.15, -0.1) is 0 Å². The normalized spacial score (nSPS) is 15.7. The summed E-state index contributed by atoms with van der Waals surface area (Å²) in [6.07, 6.45) is 2.32. The molecule has 1 aliphatic rings. The summed E-state index contributed by atoms with van der Waals surface area (Å²) in [5.74, 6) is 0.224. The average molecular weight is 351 g/mol. The van der Waals surface area contributed by atoms with Crippen LogP contribution < -0.4 is 10.0 Å². The molecule has 0 bridgehead atoms. The van der Waals surface area contributed by atoms with Gasteiger partial charge in [-0.25, -0.2) is 13.1 Å². The Morgan fingerprint density at radius 2 is 1.90 bits per heavy atom. The van der Waals surface area contributed by atoms with Crippen LogP contribution in [-0.4, -0.2) is 21.0 Å². The smallest absolute Gasteiger partial charge is 0.242 e. The third-order valence-electron chi connectivity index (χ3n) is 3.23. The van der Waals surface area contributed by atoms with Gasteiger partial charge >= 0.3 is 0 Å². The van der Waals surface area contributed by atoms with E-state index in [9.17, 15) is 8.42 Å². The lowest BCUT2D eigenvalue weighted by molar-refractivity contribution is 0.560. The molecule has 1 aromatic carbocycles. The lowest BCUT2D eigenvalue weighted by atomic mass is 10.2. The van der Waals surface area contributed by atoms with Crippen LogP contribution >= 0.6 is 23.2 Å². The molecule has 2 rings (SSSR count). The maximum Gasteiger partial charge on any atom is 0.242 e. The molecule has 1 aliphatic carbocycles. The van der Waals surface area contributed by atoms with Gasteiger partial charge in [-0.3, -0.25) is 0 Å². The SMILES string of the molecule is CC(C)CNS(=O)(=O)c1cc(CNC2CC2)c(Cl)cc1Cl. The van der Waals surface area contributed by atoms with E-state index in [2.05, 4.69) is 10.0 Å². The van der Waals surface area contributed by atoms with Gasteiger partial charge in [0.1, 0.15) is 4.90 Å². The predicted molar refractivity (Wildman–Crippen MR) is 86.4 cm³/mol. The van der Waals surface area contributed by atoms with Crippen LogP contribution in [0.4, 0.5) is 0 Å². The molecule has 7 heteroatoms. The lowest BCUT2D eigenvalue weighted by Crippen LogP contribution is -2.28. The molecular weight excluding hydrogens is 331 g/mol. The monoisotopic (exact) mass is 350 g/mol. The highest BCUT2D eigenvalue weighted by Gasteiger charge is 2.23. The molecule has 2 N–H and O–H groups in total. The van der Waals surface area contributed by atoms with E-state index in [-0.39, 0.29) is 15.8 Å². The van der Waals surface area contributed by atoms with Gasteiger partial charge in [0, 0.05) is 24.2 Å². The molecule has 0 heterocycles. The summed E-state index contributed by atoms with van der Waals surface area (Å²) in [6.45, 7) is 4.80. The van der Waals surface area contributed by atoms with Crippen molar-refractivity contribution in [3.63, 3.8) is 0 Å². The van der Waals surface area contributed by atoms with Crippen molar-refractivity contribution < 1.29 is 8.42 Å². The van der Waals surface area contributed by atoms with Gasteiger partial charge < -0.3 is 5.32 Å². The van der Waals surface area contributed by atoms with E-state index in [1.165, 1.54) is 6.07 Å². The van der Waals surface area contributed by atoms with Gasteiger partial charge in [0.05, 0.1) is 5.02 Å². The van der Waals surface area contributed by atoms with Gasteiger partial charge in [0.15, 0.2) is 0 Å². The third kappa shape index (κ3) is 4.83.